The van der Waals surface area contributed by atoms with Gasteiger partial charge in [-0.15, -0.1) is 0 Å². The van der Waals surface area contributed by atoms with Crippen molar-refractivity contribution in [1.29, 1.82) is 5.26 Å². The van der Waals surface area contributed by atoms with Gasteiger partial charge in [0.1, 0.15) is 0 Å². The molecule has 1 aromatic rings. The summed E-state index contributed by atoms with van der Waals surface area (Å²) in [5.74, 6) is 1.16. The van der Waals surface area contributed by atoms with E-state index in [-0.39, 0.29) is 11.9 Å². The van der Waals surface area contributed by atoms with Crippen LogP contribution in [-0.4, -0.2) is 11.9 Å². The molecule has 1 N–H and O–H groups in total. The smallest absolute Gasteiger partial charge is 0.251 e. The van der Waals surface area contributed by atoms with Gasteiger partial charge in [-0.3, -0.25) is 4.79 Å². The summed E-state index contributed by atoms with van der Waals surface area (Å²) in [5, 5.41) is 11.9. The van der Waals surface area contributed by atoms with Gasteiger partial charge >= 0.3 is 0 Å². The number of nitriles is 1. The molecule has 1 aliphatic carbocycles. The van der Waals surface area contributed by atoms with E-state index in [1.165, 1.54) is 12.8 Å². The minimum Gasteiger partial charge on any atom is -0.349 e. The van der Waals surface area contributed by atoms with Gasteiger partial charge in [-0.05, 0) is 42.5 Å². The van der Waals surface area contributed by atoms with E-state index in [0.717, 1.165) is 6.42 Å². The largest absolute Gasteiger partial charge is 0.349 e. The Labute approximate surface area is 114 Å². The van der Waals surface area contributed by atoms with E-state index in [2.05, 4.69) is 25.2 Å². The normalized spacial score (nSPS) is 26.5. The summed E-state index contributed by atoms with van der Waals surface area (Å²) in [6, 6.07) is 9.12. The number of nitrogens with one attached hydrogen (secondary N) is 1. The second-order valence-corrected chi connectivity index (χ2v) is 5.54. The summed E-state index contributed by atoms with van der Waals surface area (Å²) in [6.07, 6.45) is 3.50. The van der Waals surface area contributed by atoms with E-state index in [9.17, 15) is 4.79 Å². The van der Waals surface area contributed by atoms with Crippen molar-refractivity contribution in [3.63, 3.8) is 0 Å². The molecule has 0 spiro atoms. The Morgan fingerprint density at radius 2 is 1.95 bits per heavy atom. The number of hydrogen-bond acceptors (Lipinski definition) is 2. The van der Waals surface area contributed by atoms with E-state index < -0.39 is 0 Å². The second kappa shape index (κ2) is 5.88. The Balaban J connectivity index is 2.02. The van der Waals surface area contributed by atoms with Gasteiger partial charge in [-0.25, -0.2) is 0 Å². The Hall–Kier alpha value is -1.82. The highest BCUT2D eigenvalue weighted by atomic mass is 16.1. The van der Waals surface area contributed by atoms with Crippen LogP contribution in [0.15, 0.2) is 24.3 Å². The molecule has 3 atom stereocenters. The fraction of sp³-hybridized carbons (Fsp3) is 0.500. The number of hydrogen-bond donors (Lipinski definition) is 1. The SMILES string of the molecule is C[C@@H]1[C@H](C)CCC[C@H]1NC(=O)c1ccc(C#N)cc1. The molecular formula is C16H20N2O. The Kier molecular flexibility index (Phi) is 4.21. The zero-order valence-electron chi connectivity index (χ0n) is 11.5. The fourth-order valence-electron chi connectivity index (χ4n) is 2.73. The van der Waals surface area contributed by atoms with Crippen LogP contribution in [0.5, 0.6) is 0 Å². The number of amides is 1. The van der Waals surface area contributed by atoms with Crippen molar-refractivity contribution in [3.05, 3.63) is 35.4 Å². The zero-order valence-corrected chi connectivity index (χ0v) is 11.5. The van der Waals surface area contributed by atoms with E-state index in [4.69, 9.17) is 5.26 Å². The van der Waals surface area contributed by atoms with Gasteiger partial charge in [-0.1, -0.05) is 26.7 Å². The summed E-state index contributed by atoms with van der Waals surface area (Å²) in [4.78, 5) is 12.2. The van der Waals surface area contributed by atoms with Crippen molar-refractivity contribution in [2.24, 2.45) is 11.8 Å². The summed E-state index contributed by atoms with van der Waals surface area (Å²) in [7, 11) is 0. The summed E-state index contributed by atoms with van der Waals surface area (Å²) < 4.78 is 0. The van der Waals surface area contributed by atoms with E-state index in [0.29, 0.717) is 23.0 Å². The molecular weight excluding hydrogens is 236 g/mol. The number of carbonyl (C=O) groups is 1. The van der Waals surface area contributed by atoms with E-state index in [1.54, 1.807) is 24.3 Å². The van der Waals surface area contributed by atoms with Crippen LogP contribution in [0.25, 0.3) is 0 Å². The lowest BCUT2D eigenvalue weighted by molar-refractivity contribution is 0.0891. The molecule has 0 saturated heterocycles. The molecule has 1 aromatic carbocycles. The molecule has 2 rings (SSSR count). The maximum atomic E-state index is 12.2. The molecule has 0 bridgehead atoms. The topological polar surface area (TPSA) is 52.9 Å². The van der Waals surface area contributed by atoms with Gasteiger partial charge in [-0.2, -0.15) is 5.26 Å². The first-order valence-electron chi connectivity index (χ1n) is 6.93. The third-order valence-electron chi connectivity index (χ3n) is 4.30. The molecule has 1 saturated carbocycles. The van der Waals surface area contributed by atoms with Gasteiger partial charge in [0.05, 0.1) is 11.6 Å². The Morgan fingerprint density at radius 3 is 2.58 bits per heavy atom. The maximum absolute atomic E-state index is 12.2. The van der Waals surface area contributed by atoms with Gasteiger partial charge in [0.25, 0.3) is 5.91 Å². The van der Waals surface area contributed by atoms with Crippen molar-refractivity contribution >= 4 is 5.91 Å². The van der Waals surface area contributed by atoms with E-state index >= 15 is 0 Å². The Morgan fingerprint density at radius 1 is 1.26 bits per heavy atom. The number of nitrogens with zero attached hydrogens (tertiary/aromatic N) is 1. The van der Waals surface area contributed by atoms with Crippen molar-refractivity contribution in [3.8, 4) is 6.07 Å². The van der Waals surface area contributed by atoms with Crippen LogP contribution in [0.1, 0.15) is 49.0 Å². The molecule has 0 heterocycles. The molecule has 0 aromatic heterocycles. The number of carbonyl (C=O) groups excluding carboxylic acids is 1. The molecule has 0 radical (unpaired) electrons. The highest BCUT2D eigenvalue weighted by molar-refractivity contribution is 5.94. The highest BCUT2D eigenvalue weighted by Gasteiger charge is 2.28. The average molecular weight is 256 g/mol. The molecule has 0 aliphatic heterocycles. The quantitative estimate of drug-likeness (QED) is 0.884. The van der Waals surface area contributed by atoms with Crippen LogP contribution in [-0.2, 0) is 0 Å². The van der Waals surface area contributed by atoms with Gasteiger partial charge < -0.3 is 5.32 Å². The minimum absolute atomic E-state index is 0.0320. The van der Waals surface area contributed by atoms with Crippen LogP contribution in [0, 0.1) is 23.2 Å². The van der Waals surface area contributed by atoms with Crippen LogP contribution in [0.2, 0.25) is 0 Å². The predicted molar refractivity (Wildman–Crippen MR) is 74.6 cm³/mol. The Bertz CT molecular complexity index is 486. The molecule has 100 valence electrons. The lowest BCUT2D eigenvalue weighted by Crippen LogP contribution is -2.43. The fourth-order valence-corrected chi connectivity index (χ4v) is 2.73. The lowest BCUT2D eigenvalue weighted by atomic mass is 9.78. The van der Waals surface area contributed by atoms with E-state index in [1.807, 2.05) is 0 Å². The minimum atomic E-state index is -0.0320. The molecule has 0 unspecified atom stereocenters. The molecule has 3 nitrogen and oxygen atoms in total. The highest BCUT2D eigenvalue weighted by Crippen LogP contribution is 2.29. The molecule has 19 heavy (non-hydrogen) atoms. The van der Waals surface area contributed by atoms with Crippen molar-refractivity contribution in [2.75, 3.05) is 0 Å². The van der Waals surface area contributed by atoms with Gasteiger partial charge in [0.15, 0.2) is 0 Å². The van der Waals surface area contributed by atoms with Crippen LogP contribution < -0.4 is 5.32 Å². The number of rotatable bonds is 2. The monoisotopic (exact) mass is 256 g/mol. The predicted octanol–water partition coefficient (Wildman–Crippen LogP) is 3.11. The third kappa shape index (κ3) is 3.14. The van der Waals surface area contributed by atoms with Crippen LogP contribution in [0.3, 0.4) is 0 Å². The first kappa shape index (κ1) is 13.6. The first-order valence-corrected chi connectivity index (χ1v) is 6.93. The molecule has 3 heteroatoms. The van der Waals surface area contributed by atoms with Crippen molar-refractivity contribution in [1.82, 2.24) is 5.32 Å². The molecule has 1 aliphatic rings. The summed E-state index contributed by atoms with van der Waals surface area (Å²) in [5.41, 5.74) is 1.21. The van der Waals surface area contributed by atoms with Crippen LogP contribution >= 0.6 is 0 Å². The standard InChI is InChI=1S/C16H20N2O/c1-11-4-3-5-15(12(11)2)18-16(19)14-8-6-13(10-17)7-9-14/h6-9,11-12,15H,3-5H2,1-2H3,(H,18,19)/t11-,12-,15-/m1/s1. The maximum Gasteiger partial charge on any atom is 0.251 e. The van der Waals surface area contributed by atoms with Crippen molar-refractivity contribution in [2.45, 2.75) is 39.2 Å². The van der Waals surface area contributed by atoms with Crippen molar-refractivity contribution < 1.29 is 4.79 Å². The zero-order chi connectivity index (χ0) is 13.8. The first-order chi connectivity index (χ1) is 9.11. The lowest BCUT2D eigenvalue weighted by Gasteiger charge is -2.34. The second-order valence-electron chi connectivity index (χ2n) is 5.54. The summed E-state index contributed by atoms with van der Waals surface area (Å²) >= 11 is 0. The average Bonchev–Trinajstić information content (AvgIpc) is 2.44. The molecule has 1 fully saturated rings. The summed E-state index contributed by atoms with van der Waals surface area (Å²) in [6.45, 7) is 4.47. The van der Waals surface area contributed by atoms with Crippen LogP contribution in [0.4, 0.5) is 0 Å². The van der Waals surface area contributed by atoms with Gasteiger partial charge in [0.2, 0.25) is 0 Å². The molecule has 1 amide bonds. The number of benzene rings is 1. The van der Waals surface area contributed by atoms with Gasteiger partial charge in [0, 0.05) is 11.6 Å². The third-order valence-corrected chi connectivity index (χ3v) is 4.30.